The maximum Gasteiger partial charge on any atom is 0.228 e. The Hall–Kier alpha value is -3.03. The normalized spacial score (nSPS) is 17.4. The van der Waals surface area contributed by atoms with Gasteiger partial charge in [-0.15, -0.1) is 0 Å². The molecule has 100 valence electrons. The Balaban J connectivity index is 2.25. The first kappa shape index (κ1) is 13.4. The van der Waals surface area contributed by atoms with Gasteiger partial charge in [0.25, 0.3) is 0 Å². The fourth-order valence-electron chi connectivity index (χ4n) is 2.15. The lowest BCUT2D eigenvalue weighted by molar-refractivity contribution is -0.117. The number of nitriles is 2. The molecular weight excluding hydrogens is 260 g/mol. The molecule has 0 spiro atoms. The minimum atomic E-state index is -0.172. The SMILES string of the molecule is N#CCc1[nH]nc(N2CC(CN=[N+]=[N-])CC2=O)c1C#N. The van der Waals surface area contributed by atoms with Gasteiger partial charge >= 0.3 is 0 Å². The van der Waals surface area contributed by atoms with E-state index < -0.39 is 0 Å². The standard InChI is InChI=1S/C11H10N8O/c12-2-1-9-8(4-13)11(17-16-9)19-6-7(3-10(19)20)5-15-18-14/h7H,1,3,5-6H2,(H,16,17). The van der Waals surface area contributed by atoms with Crippen molar-refractivity contribution >= 4 is 11.7 Å². The van der Waals surface area contributed by atoms with Gasteiger partial charge < -0.3 is 0 Å². The fourth-order valence-corrected chi connectivity index (χ4v) is 2.15. The fraction of sp³-hybridized carbons (Fsp3) is 0.455. The predicted octanol–water partition coefficient (Wildman–Crippen LogP) is 1.01. The molecule has 9 nitrogen and oxygen atoms in total. The van der Waals surface area contributed by atoms with Crippen molar-refractivity contribution in [1.82, 2.24) is 10.2 Å². The third kappa shape index (κ3) is 2.39. The average Bonchev–Trinajstić information content (AvgIpc) is 3.00. The Morgan fingerprint density at radius 3 is 3.05 bits per heavy atom. The quantitative estimate of drug-likeness (QED) is 0.494. The molecule has 2 rings (SSSR count). The molecule has 20 heavy (non-hydrogen) atoms. The zero-order chi connectivity index (χ0) is 14.5. The molecule has 1 aliphatic rings. The van der Waals surface area contributed by atoms with Gasteiger partial charge in [-0.05, 0) is 11.4 Å². The lowest BCUT2D eigenvalue weighted by Crippen LogP contribution is -2.26. The molecular formula is C11H10N8O. The third-order valence-electron chi connectivity index (χ3n) is 3.05. The Bertz CT molecular complexity index is 657. The highest BCUT2D eigenvalue weighted by Gasteiger charge is 2.33. The van der Waals surface area contributed by atoms with Crippen LogP contribution in [0.4, 0.5) is 5.82 Å². The molecule has 1 N–H and O–H groups in total. The van der Waals surface area contributed by atoms with E-state index in [4.69, 9.17) is 16.1 Å². The number of azide groups is 1. The summed E-state index contributed by atoms with van der Waals surface area (Å²) in [5.74, 6) is -0.0121. The molecule has 1 aromatic heterocycles. The monoisotopic (exact) mass is 270 g/mol. The van der Waals surface area contributed by atoms with Gasteiger partial charge in [-0.25, -0.2) is 0 Å². The maximum atomic E-state index is 11.9. The molecule has 1 saturated heterocycles. The van der Waals surface area contributed by atoms with E-state index in [2.05, 4.69) is 20.2 Å². The van der Waals surface area contributed by atoms with Crippen molar-refractivity contribution in [3.63, 3.8) is 0 Å². The van der Waals surface area contributed by atoms with Crippen LogP contribution in [0.3, 0.4) is 0 Å². The lowest BCUT2D eigenvalue weighted by Gasteiger charge is -2.13. The van der Waals surface area contributed by atoms with E-state index in [1.807, 2.05) is 12.1 Å². The maximum absolute atomic E-state index is 11.9. The molecule has 0 aromatic carbocycles. The second kappa shape index (κ2) is 5.74. The van der Waals surface area contributed by atoms with Gasteiger partial charge in [0.05, 0.1) is 18.2 Å². The Morgan fingerprint density at radius 1 is 1.60 bits per heavy atom. The first-order valence-electron chi connectivity index (χ1n) is 5.86. The van der Waals surface area contributed by atoms with Crippen molar-refractivity contribution in [2.45, 2.75) is 12.8 Å². The summed E-state index contributed by atoms with van der Waals surface area (Å²) in [7, 11) is 0. The molecule has 0 bridgehead atoms. The van der Waals surface area contributed by atoms with Gasteiger partial charge in [-0.1, -0.05) is 5.11 Å². The van der Waals surface area contributed by atoms with Gasteiger partial charge in [0.1, 0.15) is 11.6 Å². The van der Waals surface area contributed by atoms with Crippen LogP contribution in [0.15, 0.2) is 5.11 Å². The molecule has 0 radical (unpaired) electrons. The van der Waals surface area contributed by atoms with Gasteiger partial charge in [-0.2, -0.15) is 15.6 Å². The number of hydrogen-bond donors (Lipinski definition) is 1. The van der Waals surface area contributed by atoms with Gasteiger partial charge in [-0.3, -0.25) is 14.8 Å². The number of H-pyrrole nitrogens is 1. The summed E-state index contributed by atoms with van der Waals surface area (Å²) < 4.78 is 0. The average molecular weight is 270 g/mol. The summed E-state index contributed by atoms with van der Waals surface area (Å²) in [5, 5.41) is 27.8. The lowest BCUT2D eigenvalue weighted by atomic mass is 10.1. The Labute approximate surface area is 114 Å². The number of nitrogens with zero attached hydrogens (tertiary/aromatic N) is 7. The molecule has 1 aromatic rings. The molecule has 9 heteroatoms. The summed E-state index contributed by atoms with van der Waals surface area (Å²) in [6.07, 6.45) is 0.282. The number of hydrogen-bond acceptors (Lipinski definition) is 5. The van der Waals surface area contributed by atoms with E-state index in [9.17, 15) is 4.79 Å². The first-order valence-corrected chi connectivity index (χ1v) is 5.86. The van der Waals surface area contributed by atoms with Crippen molar-refractivity contribution in [2.24, 2.45) is 11.0 Å². The van der Waals surface area contributed by atoms with Crippen LogP contribution in [0, 0.1) is 28.6 Å². The third-order valence-corrected chi connectivity index (χ3v) is 3.05. The summed E-state index contributed by atoms with van der Waals surface area (Å²) in [6, 6.07) is 3.89. The molecule has 1 aliphatic heterocycles. The number of carbonyl (C=O) groups is 1. The molecule has 0 aliphatic carbocycles. The number of aromatic amines is 1. The van der Waals surface area contributed by atoms with Crippen molar-refractivity contribution in [1.29, 1.82) is 10.5 Å². The van der Waals surface area contributed by atoms with Crippen LogP contribution in [-0.2, 0) is 11.2 Å². The van der Waals surface area contributed by atoms with Crippen LogP contribution in [-0.4, -0.2) is 29.2 Å². The van der Waals surface area contributed by atoms with E-state index in [0.717, 1.165) is 0 Å². The van der Waals surface area contributed by atoms with Gasteiger partial charge in [0, 0.05) is 24.4 Å². The molecule has 2 heterocycles. The summed E-state index contributed by atoms with van der Waals surface area (Å²) >= 11 is 0. The van der Waals surface area contributed by atoms with E-state index in [0.29, 0.717) is 12.2 Å². The predicted molar refractivity (Wildman–Crippen MR) is 67.1 cm³/mol. The highest BCUT2D eigenvalue weighted by molar-refractivity contribution is 5.96. The zero-order valence-electron chi connectivity index (χ0n) is 10.4. The van der Waals surface area contributed by atoms with E-state index >= 15 is 0 Å². The highest BCUT2D eigenvalue weighted by atomic mass is 16.2. The molecule has 1 atom stereocenters. The van der Waals surface area contributed by atoms with Gasteiger partial charge in [0.15, 0.2) is 5.82 Å². The highest BCUT2D eigenvalue weighted by Crippen LogP contribution is 2.27. The van der Waals surface area contributed by atoms with Crippen LogP contribution in [0.25, 0.3) is 10.4 Å². The van der Waals surface area contributed by atoms with Crippen LogP contribution < -0.4 is 4.90 Å². The minimum absolute atomic E-state index is 0.0279. The topological polar surface area (TPSA) is 145 Å². The van der Waals surface area contributed by atoms with Crippen LogP contribution in [0.5, 0.6) is 0 Å². The van der Waals surface area contributed by atoms with E-state index in [1.165, 1.54) is 4.90 Å². The Morgan fingerprint density at radius 2 is 2.40 bits per heavy atom. The van der Waals surface area contributed by atoms with Gasteiger partial charge in [0.2, 0.25) is 5.91 Å². The largest absolute Gasteiger partial charge is 0.294 e. The number of amides is 1. The van der Waals surface area contributed by atoms with Crippen LogP contribution in [0.1, 0.15) is 17.7 Å². The minimum Gasteiger partial charge on any atom is -0.294 e. The van der Waals surface area contributed by atoms with Crippen molar-refractivity contribution in [2.75, 3.05) is 18.0 Å². The van der Waals surface area contributed by atoms with Crippen molar-refractivity contribution in [3.05, 3.63) is 21.7 Å². The smallest absolute Gasteiger partial charge is 0.228 e. The number of aromatic nitrogens is 2. The summed E-state index contributed by atoms with van der Waals surface area (Å²) in [4.78, 5) is 16.0. The van der Waals surface area contributed by atoms with Crippen LogP contribution >= 0.6 is 0 Å². The second-order valence-electron chi connectivity index (χ2n) is 4.34. The molecule has 0 saturated carbocycles. The number of carbonyl (C=O) groups excluding carboxylic acids is 1. The van der Waals surface area contributed by atoms with Crippen LogP contribution in [0.2, 0.25) is 0 Å². The van der Waals surface area contributed by atoms with E-state index in [-0.39, 0.29) is 42.6 Å². The van der Waals surface area contributed by atoms with Crippen molar-refractivity contribution < 1.29 is 4.79 Å². The molecule has 1 unspecified atom stereocenters. The molecule has 1 amide bonds. The first-order chi connectivity index (χ1) is 9.71. The van der Waals surface area contributed by atoms with E-state index in [1.54, 1.807) is 0 Å². The Kier molecular flexibility index (Phi) is 3.85. The number of rotatable bonds is 4. The summed E-state index contributed by atoms with van der Waals surface area (Å²) in [6.45, 7) is 0.583. The summed E-state index contributed by atoms with van der Waals surface area (Å²) in [5.41, 5.74) is 8.90. The number of anilines is 1. The second-order valence-corrected chi connectivity index (χ2v) is 4.34. The van der Waals surface area contributed by atoms with Crippen molar-refractivity contribution in [3.8, 4) is 12.1 Å². The zero-order valence-corrected chi connectivity index (χ0v) is 10.4. The molecule has 1 fully saturated rings. The number of nitrogens with one attached hydrogen (secondary N) is 1.